The first-order valence-electron chi connectivity index (χ1n) is 7.78. The molecule has 0 aliphatic carbocycles. The maximum absolute atomic E-state index is 12.3. The zero-order valence-electron chi connectivity index (χ0n) is 14.5. The summed E-state index contributed by atoms with van der Waals surface area (Å²) in [7, 11) is 0. The third-order valence-corrected chi connectivity index (χ3v) is 4.66. The number of thioether (sulfide) groups is 1. The second kappa shape index (κ2) is 8.87. The Hall–Kier alpha value is -2.31. The minimum atomic E-state index is -1.01. The van der Waals surface area contributed by atoms with Crippen LogP contribution in [-0.4, -0.2) is 30.0 Å². The monoisotopic (exact) mass is 391 g/mol. The number of carbonyl (C=O) groups excluding carboxylic acids is 3. The number of Topliss-reactive ketones (excluding diaryl/α,β-unsaturated/α-hetero) is 1. The van der Waals surface area contributed by atoms with Gasteiger partial charge in [0.05, 0.1) is 10.6 Å². The summed E-state index contributed by atoms with van der Waals surface area (Å²) in [6.45, 7) is 2.94. The molecule has 0 unspecified atom stereocenters. The summed E-state index contributed by atoms with van der Waals surface area (Å²) in [6.07, 6.45) is 0.871. The quantitative estimate of drug-likeness (QED) is 0.447. The molecule has 1 atom stereocenters. The number of hydrogen-bond acceptors (Lipinski definition) is 5. The number of ketones is 1. The number of nitrogens with one attached hydrogen (secondary N) is 1. The van der Waals surface area contributed by atoms with Gasteiger partial charge in [0.1, 0.15) is 0 Å². The average molecular weight is 392 g/mol. The highest BCUT2D eigenvalue weighted by Crippen LogP contribution is 2.24. The number of rotatable bonds is 6. The third-order valence-electron chi connectivity index (χ3n) is 3.61. The van der Waals surface area contributed by atoms with Crippen LogP contribution in [0.15, 0.2) is 47.4 Å². The van der Waals surface area contributed by atoms with E-state index in [0.29, 0.717) is 11.3 Å². The van der Waals surface area contributed by atoms with Gasteiger partial charge in [0, 0.05) is 16.1 Å². The maximum Gasteiger partial charge on any atom is 0.340 e. The summed E-state index contributed by atoms with van der Waals surface area (Å²) >= 11 is 7.51. The Morgan fingerprint density at radius 1 is 1.12 bits per heavy atom. The first-order chi connectivity index (χ1) is 12.3. The summed E-state index contributed by atoms with van der Waals surface area (Å²) in [6, 6.07) is 11.5. The highest BCUT2D eigenvalue weighted by Gasteiger charge is 2.21. The van der Waals surface area contributed by atoms with Crippen LogP contribution in [0, 0.1) is 0 Å². The van der Waals surface area contributed by atoms with Crippen LogP contribution in [0.5, 0.6) is 0 Å². The topological polar surface area (TPSA) is 72.5 Å². The molecule has 0 aliphatic heterocycles. The van der Waals surface area contributed by atoms with Crippen molar-refractivity contribution in [3.05, 3.63) is 58.6 Å². The fraction of sp³-hybridized carbons (Fsp3) is 0.211. The van der Waals surface area contributed by atoms with Gasteiger partial charge >= 0.3 is 5.97 Å². The second-order valence-electron chi connectivity index (χ2n) is 5.52. The van der Waals surface area contributed by atoms with Gasteiger partial charge in [-0.15, -0.1) is 11.8 Å². The van der Waals surface area contributed by atoms with Crippen LogP contribution < -0.4 is 5.32 Å². The molecule has 2 aromatic carbocycles. The normalized spacial score (nSPS) is 11.5. The first-order valence-corrected chi connectivity index (χ1v) is 9.38. The number of halogens is 1. The highest BCUT2D eigenvalue weighted by molar-refractivity contribution is 7.98. The molecular weight excluding hydrogens is 374 g/mol. The lowest BCUT2D eigenvalue weighted by Gasteiger charge is -2.14. The van der Waals surface area contributed by atoms with Gasteiger partial charge in [-0.05, 0) is 62.6 Å². The van der Waals surface area contributed by atoms with Crippen molar-refractivity contribution in [1.82, 2.24) is 0 Å². The molecule has 2 rings (SSSR count). The molecule has 0 bridgehead atoms. The lowest BCUT2D eigenvalue weighted by atomic mass is 10.1. The van der Waals surface area contributed by atoms with E-state index in [1.54, 1.807) is 42.5 Å². The largest absolute Gasteiger partial charge is 0.449 e. The number of ether oxygens (including phenoxy) is 1. The zero-order valence-corrected chi connectivity index (χ0v) is 16.1. The Labute approximate surface area is 161 Å². The standard InChI is InChI=1S/C19H18ClNO4S/c1-11(22)13-4-6-14(7-5-13)21-18(23)12(2)25-19(24)16-10-15(26-3)8-9-17(16)20/h4-10,12H,1-3H3,(H,21,23)/t12-/m1/s1. The molecule has 1 N–H and O–H groups in total. The molecule has 0 aliphatic rings. The van der Waals surface area contributed by atoms with E-state index in [1.807, 2.05) is 6.26 Å². The number of esters is 1. The van der Waals surface area contributed by atoms with Crippen LogP contribution in [-0.2, 0) is 9.53 Å². The zero-order chi connectivity index (χ0) is 19.3. The number of benzene rings is 2. The Kier molecular flexibility index (Phi) is 6.83. The Balaban J connectivity index is 2.02. The molecule has 136 valence electrons. The van der Waals surface area contributed by atoms with Gasteiger partial charge in [-0.2, -0.15) is 0 Å². The summed E-state index contributed by atoms with van der Waals surface area (Å²) < 4.78 is 5.21. The van der Waals surface area contributed by atoms with Gasteiger partial charge in [0.2, 0.25) is 0 Å². The van der Waals surface area contributed by atoms with E-state index >= 15 is 0 Å². The summed E-state index contributed by atoms with van der Waals surface area (Å²) in [5.74, 6) is -1.21. The smallest absolute Gasteiger partial charge is 0.340 e. The van der Waals surface area contributed by atoms with Crippen molar-refractivity contribution < 1.29 is 19.1 Å². The molecule has 2 aromatic rings. The van der Waals surface area contributed by atoms with Gasteiger partial charge in [0.15, 0.2) is 11.9 Å². The minimum absolute atomic E-state index is 0.0606. The van der Waals surface area contributed by atoms with E-state index in [-0.39, 0.29) is 16.4 Å². The fourth-order valence-corrected chi connectivity index (χ4v) is 2.73. The predicted molar refractivity (Wildman–Crippen MR) is 103 cm³/mol. The van der Waals surface area contributed by atoms with Gasteiger partial charge in [0.25, 0.3) is 5.91 Å². The average Bonchev–Trinajstić information content (AvgIpc) is 2.62. The van der Waals surface area contributed by atoms with E-state index < -0.39 is 18.0 Å². The summed E-state index contributed by atoms with van der Waals surface area (Å²) in [4.78, 5) is 36.6. The summed E-state index contributed by atoms with van der Waals surface area (Å²) in [5.41, 5.74) is 1.26. The number of carbonyl (C=O) groups is 3. The van der Waals surface area contributed by atoms with Gasteiger partial charge in [-0.3, -0.25) is 9.59 Å². The number of amides is 1. The first kappa shape index (κ1) is 20.0. The molecule has 0 fully saturated rings. The molecule has 0 saturated carbocycles. The van der Waals surface area contributed by atoms with Gasteiger partial charge < -0.3 is 10.1 Å². The predicted octanol–water partition coefficient (Wildman–Crippen LogP) is 4.45. The molecule has 5 nitrogen and oxygen atoms in total. The van der Waals surface area contributed by atoms with Crippen molar-refractivity contribution in [3.8, 4) is 0 Å². The Morgan fingerprint density at radius 2 is 1.77 bits per heavy atom. The van der Waals surface area contributed by atoms with E-state index in [4.69, 9.17) is 16.3 Å². The molecular formula is C19H18ClNO4S. The molecule has 26 heavy (non-hydrogen) atoms. The van der Waals surface area contributed by atoms with Crippen LogP contribution in [0.3, 0.4) is 0 Å². The minimum Gasteiger partial charge on any atom is -0.449 e. The summed E-state index contributed by atoms with van der Waals surface area (Å²) in [5, 5.41) is 2.90. The van der Waals surface area contributed by atoms with E-state index in [0.717, 1.165) is 4.90 Å². The third kappa shape index (κ3) is 5.09. The van der Waals surface area contributed by atoms with Crippen molar-refractivity contribution in [2.24, 2.45) is 0 Å². The molecule has 0 spiro atoms. The molecule has 0 radical (unpaired) electrons. The van der Waals surface area contributed by atoms with E-state index in [9.17, 15) is 14.4 Å². The van der Waals surface area contributed by atoms with Crippen molar-refractivity contribution >= 4 is 46.7 Å². The molecule has 1 amide bonds. The second-order valence-corrected chi connectivity index (χ2v) is 6.80. The number of hydrogen-bond donors (Lipinski definition) is 1. The molecule has 7 heteroatoms. The lowest BCUT2D eigenvalue weighted by molar-refractivity contribution is -0.123. The highest BCUT2D eigenvalue weighted by atomic mass is 35.5. The van der Waals surface area contributed by atoms with Crippen LogP contribution in [0.25, 0.3) is 0 Å². The van der Waals surface area contributed by atoms with E-state index in [2.05, 4.69) is 5.32 Å². The molecule has 0 saturated heterocycles. The van der Waals surface area contributed by atoms with Crippen LogP contribution >= 0.6 is 23.4 Å². The Morgan fingerprint density at radius 3 is 2.35 bits per heavy atom. The Bertz CT molecular complexity index is 836. The van der Waals surface area contributed by atoms with Crippen LogP contribution in [0.4, 0.5) is 5.69 Å². The van der Waals surface area contributed by atoms with Crippen molar-refractivity contribution in [3.63, 3.8) is 0 Å². The van der Waals surface area contributed by atoms with Crippen molar-refractivity contribution in [2.45, 2.75) is 24.8 Å². The lowest BCUT2D eigenvalue weighted by Crippen LogP contribution is -2.30. The van der Waals surface area contributed by atoms with Crippen molar-refractivity contribution in [1.29, 1.82) is 0 Å². The van der Waals surface area contributed by atoms with Crippen LogP contribution in [0.1, 0.15) is 34.6 Å². The number of anilines is 1. The molecule has 0 heterocycles. The maximum atomic E-state index is 12.3. The molecule has 0 aromatic heterocycles. The van der Waals surface area contributed by atoms with Gasteiger partial charge in [-0.1, -0.05) is 11.6 Å². The van der Waals surface area contributed by atoms with Crippen LogP contribution in [0.2, 0.25) is 5.02 Å². The fourth-order valence-electron chi connectivity index (χ4n) is 2.10. The van der Waals surface area contributed by atoms with Crippen molar-refractivity contribution in [2.75, 3.05) is 11.6 Å². The van der Waals surface area contributed by atoms with E-state index in [1.165, 1.54) is 25.6 Å². The SMILES string of the molecule is CSc1ccc(Cl)c(C(=O)O[C@H](C)C(=O)Nc2ccc(C(C)=O)cc2)c1. The van der Waals surface area contributed by atoms with Gasteiger partial charge in [-0.25, -0.2) is 4.79 Å².